The van der Waals surface area contributed by atoms with Crippen molar-refractivity contribution in [2.75, 3.05) is 13.7 Å². The highest BCUT2D eigenvalue weighted by molar-refractivity contribution is 5.99. The number of ether oxygens (including phenoxy) is 1. The summed E-state index contributed by atoms with van der Waals surface area (Å²) in [7, 11) is 1.40. The number of aliphatic hydroxyl groups is 1. The van der Waals surface area contributed by atoms with Crippen LogP contribution in [0.25, 0.3) is 0 Å². The molecule has 1 aromatic heterocycles. The number of aliphatic hydroxyl groups excluding tert-OH is 1. The van der Waals surface area contributed by atoms with Crippen LogP contribution >= 0.6 is 0 Å². The van der Waals surface area contributed by atoms with Crippen molar-refractivity contribution in [2.45, 2.75) is 18.6 Å². The molecule has 1 aliphatic rings. The number of nitrogens with zero attached hydrogens (tertiary/aromatic N) is 2. The van der Waals surface area contributed by atoms with Crippen LogP contribution in [-0.4, -0.2) is 57.8 Å². The molecule has 2 N–H and O–H groups in total. The molecule has 2 heterocycles. The zero-order chi connectivity index (χ0) is 14.0. The smallest absolute Gasteiger partial charge is 0.326 e. The molecule has 0 radical (unpaired) electrons. The van der Waals surface area contributed by atoms with Gasteiger partial charge in [0.25, 0.3) is 5.91 Å². The number of carbonyl (C=O) groups is 2. The summed E-state index contributed by atoms with van der Waals surface area (Å²) < 4.78 is 5.03. The molecule has 1 aromatic rings. The Morgan fingerprint density at radius 2 is 2.26 bits per heavy atom. The Morgan fingerprint density at radius 1 is 1.53 bits per heavy atom. The van der Waals surface area contributed by atoms with Crippen LogP contribution in [0.1, 0.15) is 16.8 Å². The third-order valence-electron chi connectivity index (χ3n) is 3.06. The van der Waals surface area contributed by atoms with Crippen molar-refractivity contribution in [1.29, 1.82) is 0 Å². The Hall–Kier alpha value is -2.15. The minimum absolute atomic E-state index is 0.00127. The van der Waals surface area contributed by atoms with Gasteiger partial charge in [0.05, 0.1) is 25.0 Å². The van der Waals surface area contributed by atoms with E-state index >= 15 is 0 Å². The number of methoxy groups -OCH3 is 1. The SMILES string of the molecule is COc1cnccc1C(=O)N1C[C@@H](O)C[C@H]1C(=O)O. The number of β-amino-alcohol motifs (C(OH)–C–C–N with tert-alkyl or cyclic N) is 1. The normalized spacial score (nSPS) is 22.3. The summed E-state index contributed by atoms with van der Waals surface area (Å²) in [5.41, 5.74) is 0.234. The summed E-state index contributed by atoms with van der Waals surface area (Å²) >= 11 is 0. The number of hydrogen-bond acceptors (Lipinski definition) is 5. The average molecular weight is 266 g/mol. The van der Waals surface area contributed by atoms with Crippen LogP contribution in [0.4, 0.5) is 0 Å². The van der Waals surface area contributed by atoms with Crippen LogP contribution in [-0.2, 0) is 4.79 Å². The molecule has 1 amide bonds. The lowest BCUT2D eigenvalue weighted by molar-refractivity contribution is -0.141. The number of carboxylic acids is 1. The quantitative estimate of drug-likeness (QED) is 0.782. The van der Waals surface area contributed by atoms with Gasteiger partial charge < -0.3 is 19.8 Å². The topological polar surface area (TPSA) is 100.0 Å². The van der Waals surface area contributed by atoms with E-state index in [2.05, 4.69) is 4.98 Å². The third-order valence-corrected chi connectivity index (χ3v) is 3.06. The van der Waals surface area contributed by atoms with E-state index < -0.39 is 24.0 Å². The van der Waals surface area contributed by atoms with Crippen molar-refractivity contribution in [1.82, 2.24) is 9.88 Å². The van der Waals surface area contributed by atoms with Gasteiger partial charge in [-0.05, 0) is 6.07 Å². The molecule has 0 saturated carbocycles. The fourth-order valence-corrected chi connectivity index (χ4v) is 2.15. The van der Waals surface area contributed by atoms with Crippen LogP contribution in [0.15, 0.2) is 18.5 Å². The molecule has 1 saturated heterocycles. The number of hydrogen-bond donors (Lipinski definition) is 2. The number of rotatable bonds is 3. The van der Waals surface area contributed by atoms with Crippen molar-refractivity contribution in [3.8, 4) is 5.75 Å². The van der Waals surface area contributed by atoms with E-state index in [0.29, 0.717) is 0 Å². The van der Waals surface area contributed by atoms with E-state index in [9.17, 15) is 14.7 Å². The zero-order valence-electron chi connectivity index (χ0n) is 10.3. The molecule has 0 bridgehead atoms. The number of aromatic nitrogens is 1. The number of carboxylic acid groups (broad SMARTS) is 1. The lowest BCUT2D eigenvalue weighted by atomic mass is 10.1. The average Bonchev–Trinajstić information content (AvgIpc) is 2.80. The largest absolute Gasteiger partial charge is 0.494 e. The van der Waals surface area contributed by atoms with Gasteiger partial charge in [-0.1, -0.05) is 0 Å². The van der Waals surface area contributed by atoms with E-state index in [1.807, 2.05) is 0 Å². The van der Waals surface area contributed by atoms with Gasteiger partial charge in [0, 0.05) is 19.2 Å². The molecule has 0 aromatic carbocycles. The molecular weight excluding hydrogens is 252 g/mol. The Kier molecular flexibility index (Phi) is 3.66. The molecular formula is C12H14N2O5. The lowest BCUT2D eigenvalue weighted by Gasteiger charge is -2.21. The first-order valence-corrected chi connectivity index (χ1v) is 5.74. The fourth-order valence-electron chi connectivity index (χ4n) is 2.15. The summed E-state index contributed by atoms with van der Waals surface area (Å²) in [4.78, 5) is 28.4. The van der Waals surface area contributed by atoms with Gasteiger partial charge in [-0.15, -0.1) is 0 Å². The maximum Gasteiger partial charge on any atom is 0.326 e. The van der Waals surface area contributed by atoms with Crippen molar-refractivity contribution in [2.24, 2.45) is 0 Å². The molecule has 2 rings (SSSR count). The van der Waals surface area contributed by atoms with E-state index in [4.69, 9.17) is 9.84 Å². The Morgan fingerprint density at radius 3 is 2.89 bits per heavy atom. The molecule has 7 heteroatoms. The first-order valence-electron chi connectivity index (χ1n) is 5.74. The van der Waals surface area contributed by atoms with Crippen LogP contribution in [0, 0.1) is 0 Å². The summed E-state index contributed by atoms with van der Waals surface area (Å²) in [6.07, 6.45) is 2.03. The summed E-state index contributed by atoms with van der Waals surface area (Å²) in [6, 6.07) is 0.450. The number of aliphatic carboxylic acids is 1. The monoisotopic (exact) mass is 266 g/mol. The van der Waals surface area contributed by atoms with Crippen LogP contribution in [0.3, 0.4) is 0 Å². The maximum absolute atomic E-state index is 12.3. The van der Waals surface area contributed by atoms with Gasteiger partial charge in [-0.3, -0.25) is 9.78 Å². The molecule has 2 atom stereocenters. The number of likely N-dealkylation sites (tertiary alicyclic amines) is 1. The molecule has 1 fully saturated rings. The highest BCUT2D eigenvalue weighted by Crippen LogP contribution is 2.24. The molecule has 19 heavy (non-hydrogen) atoms. The number of amides is 1. The van der Waals surface area contributed by atoms with Gasteiger partial charge in [0.2, 0.25) is 0 Å². The minimum Gasteiger partial charge on any atom is -0.494 e. The Labute approximate surface area is 109 Å². The van der Waals surface area contributed by atoms with Crippen molar-refractivity contribution in [3.05, 3.63) is 24.0 Å². The predicted octanol–water partition coefficient (Wildman–Crippen LogP) is -0.250. The second kappa shape index (κ2) is 5.23. The van der Waals surface area contributed by atoms with Crippen molar-refractivity contribution in [3.63, 3.8) is 0 Å². The molecule has 1 aliphatic heterocycles. The van der Waals surface area contributed by atoms with Gasteiger partial charge >= 0.3 is 5.97 Å². The van der Waals surface area contributed by atoms with Crippen LogP contribution in [0.5, 0.6) is 5.75 Å². The van der Waals surface area contributed by atoms with Crippen LogP contribution < -0.4 is 4.74 Å². The molecule has 7 nitrogen and oxygen atoms in total. The van der Waals surface area contributed by atoms with E-state index in [1.54, 1.807) is 0 Å². The molecule has 102 valence electrons. The third kappa shape index (κ3) is 2.50. The standard InChI is InChI=1S/C12H14N2O5/c1-19-10-5-13-3-2-8(10)11(16)14-6-7(15)4-9(14)12(17)18/h2-3,5,7,9,15H,4,6H2,1H3,(H,17,18)/t7-,9-/m0/s1. The lowest BCUT2D eigenvalue weighted by Crippen LogP contribution is -2.40. The van der Waals surface area contributed by atoms with E-state index in [0.717, 1.165) is 4.90 Å². The number of pyridine rings is 1. The predicted molar refractivity (Wildman–Crippen MR) is 63.9 cm³/mol. The first-order chi connectivity index (χ1) is 9.04. The highest BCUT2D eigenvalue weighted by atomic mass is 16.5. The van der Waals surface area contributed by atoms with Crippen molar-refractivity contribution < 1.29 is 24.5 Å². The Balaban J connectivity index is 2.30. The van der Waals surface area contributed by atoms with Gasteiger partial charge in [-0.25, -0.2) is 4.79 Å². The molecule has 0 unspecified atom stereocenters. The van der Waals surface area contributed by atoms with Crippen molar-refractivity contribution >= 4 is 11.9 Å². The van der Waals surface area contributed by atoms with E-state index in [1.165, 1.54) is 25.6 Å². The molecule has 0 spiro atoms. The maximum atomic E-state index is 12.3. The summed E-state index contributed by atoms with van der Waals surface area (Å²) in [6.45, 7) is 0.00127. The summed E-state index contributed by atoms with van der Waals surface area (Å²) in [5, 5.41) is 18.6. The second-order valence-electron chi connectivity index (χ2n) is 4.28. The van der Waals surface area contributed by atoms with Gasteiger partial charge in [0.1, 0.15) is 11.8 Å². The first kappa shape index (κ1) is 13.3. The zero-order valence-corrected chi connectivity index (χ0v) is 10.3. The second-order valence-corrected chi connectivity index (χ2v) is 4.28. The Bertz CT molecular complexity index is 505. The van der Waals surface area contributed by atoms with Gasteiger partial charge in [0.15, 0.2) is 0 Å². The minimum atomic E-state index is -1.13. The summed E-state index contributed by atoms with van der Waals surface area (Å²) in [5.74, 6) is -1.33. The van der Waals surface area contributed by atoms with Gasteiger partial charge in [-0.2, -0.15) is 0 Å². The fraction of sp³-hybridized carbons (Fsp3) is 0.417. The van der Waals surface area contributed by atoms with Crippen LogP contribution in [0.2, 0.25) is 0 Å². The number of carbonyl (C=O) groups excluding carboxylic acids is 1. The van der Waals surface area contributed by atoms with E-state index in [-0.39, 0.29) is 24.3 Å². The highest BCUT2D eigenvalue weighted by Gasteiger charge is 2.39. The molecule has 0 aliphatic carbocycles.